The SMILES string of the molecule is NC(=O)c1c(F)cccc1N1CCNCc2ccccc21. The first-order valence-electron chi connectivity index (χ1n) is 6.83. The highest BCUT2D eigenvalue weighted by atomic mass is 19.1. The molecule has 5 heteroatoms. The fourth-order valence-electron chi connectivity index (χ4n) is 2.69. The van der Waals surface area contributed by atoms with Crippen molar-refractivity contribution in [2.45, 2.75) is 6.54 Å². The molecule has 4 nitrogen and oxygen atoms in total. The van der Waals surface area contributed by atoms with Crippen LogP contribution in [0.2, 0.25) is 0 Å². The number of benzene rings is 2. The lowest BCUT2D eigenvalue weighted by atomic mass is 10.1. The van der Waals surface area contributed by atoms with Crippen molar-refractivity contribution in [1.29, 1.82) is 0 Å². The number of nitrogens with one attached hydrogen (secondary N) is 1. The predicted molar refractivity (Wildman–Crippen MR) is 80.1 cm³/mol. The van der Waals surface area contributed by atoms with Crippen LogP contribution in [-0.4, -0.2) is 19.0 Å². The first kappa shape index (κ1) is 13.6. The lowest BCUT2D eigenvalue weighted by Gasteiger charge is -2.26. The van der Waals surface area contributed by atoms with Gasteiger partial charge < -0.3 is 16.0 Å². The Morgan fingerprint density at radius 2 is 1.90 bits per heavy atom. The Bertz CT molecular complexity index is 687. The van der Waals surface area contributed by atoms with E-state index >= 15 is 0 Å². The van der Waals surface area contributed by atoms with Crippen molar-refractivity contribution < 1.29 is 9.18 Å². The Labute approximate surface area is 122 Å². The van der Waals surface area contributed by atoms with E-state index in [9.17, 15) is 9.18 Å². The van der Waals surface area contributed by atoms with Crippen LogP contribution < -0.4 is 16.0 Å². The second kappa shape index (κ2) is 5.54. The lowest BCUT2D eigenvalue weighted by molar-refractivity contribution is 0.0997. The Kier molecular flexibility index (Phi) is 3.58. The third-order valence-electron chi connectivity index (χ3n) is 3.64. The number of amides is 1. The molecule has 3 rings (SSSR count). The number of nitrogens with two attached hydrogens (primary N) is 1. The van der Waals surface area contributed by atoms with Crippen LogP contribution in [0, 0.1) is 5.82 Å². The van der Waals surface area contributed by atoms with Gasteiger partial charge in [-0.1, -0.05) is 24.3 Å². The molecule has 1 aliphatic heterocycles. The summed E-state index contributed by atoms with van der Waals surface area (Å²) in [5, 5.41) is 3.31. The molecule has 1 amide bonds. The maximum atomic E-state index is 14.0. The van der Waals surface area contributed by atoms with Crippen LogP contribution in [0.15, 0.2) is 42.5 Å². The number of hydrogen-bond donors (Lipinski definition) is 2. The van der Waals surface area contributed by atoms with Crippen LogP contribution in [0.5, 0.6) is 0 Å². The molecule has 1 heterocycles. The van der Waals surface area contributed by atoms with Crippen LogP contribution in [0.4, 0.5) is 15.8 Å². The van der Waals surface area contributed by atoms with Crippen molar-refractivity contribution in [2.24, 2.45) is 5.73 Å². The number of primary amides is 1. The molecule has 0 spiro atoms. The molecule has 0 atom stereocenters. The average molecular weight is 285 g/mol. The topological polar surface area (TPSA) is 58.4 Å². The molecule has 2 aromatic rings. The van der Waals surface area contributed by atoms with Gasteiger partial charge in [0, 0.05) is 25.3 Å². The van der Waals surface area contributed by atoms with Crippen LogP contribution in [0.1, 0.15) is 15.9 Å². The number of anilines is 2. The zero-order valence-corrected chi connectivity index (χ0v) is 11.5. The minimum atomic E-state index is -0.752. The third-order valence-corrected chi connectivity index (χ3v) is 3.64. The third kappa shape index (κ3) is 2.48. The highest BCUT2D eigenvalue weighted by molar-refractivity contribution is 6.00. The molecule has 0 unspecified atom stereocenters. The summed E-state index contributed by atoms with van der Waals surface area (Å²) in [4.78, 5) is 13.6. The zero-order chi connectivity index (χ0) is 14.8. The largest absolute Gasteiger partial charge is 0.365 e. The van der Waals surface area contributed by atoms with Gasteiger partial charge in [0.05, 0.1) is 11.3 Å². The first-order chi connectivity index (χ1) is 10.2. The van der Waals surface area contributed by atoms with Gasteiger partial charge in [-0.15, -0.1) is 0 Å². The van der Waals surface area contributed by atoms with Crippen molar-refractivity contribution in [1.82, 2.24) is 5.32 Å². The van der Waals surface area contributed by atoms with E-state index in [4.69, 9.17) is 5.73 Å². The smallest absolute Gasteiger partial charge is 0.253 e. The molecular formula is C16H16FN3O. The van der Waals surface area contributed by atoms with Crippen LogP contribution in [0.25, 0.3) is 0 Å². The monoisotopic (exact) mass is 285 g/mol. The Morgan fingerprint density at radius 3 is 2.71 bits per heavy atom. The molecule has 0 aliphatic carbocycles. The fraction of sp³-hybridized carbons (Fsp3) is 0.188. The molecule has 0 saturated heterocycles. The van der Waals surface area contributed by atoms with Gasteiger partial charge in [-0.05, 0) is 23.8 Å². The highest BCUT2D eigenvalue weighted by Gasteiger charge is 2.22. The summed E-state index contributed by atoms with van der Waals surface area (Å²) >= 11 is 0. The van der Waals surface area contributed by atoms with Gasteiger partial charge in [0.2, 0.25) is 0 Å². The molecule has 3 N–H and O–H groups in total. The van der Waals surface area contributed by atoms with Crippen molar-refractivity contribution in [2.75, 3.05) is 18.0 Å². The second-order valence-corrected chi connectivity index (χ2v) is 4.96. The van der Waals surface area contributed by atoms with Gasteiger partial charge in [-0.25, -0.2) is 4.39 Å². The Balaban J connectivity index is 2.17. The normalized spacial score (nSPS) is 14.4. The number of carbonyl (C=O) groups excluding carboxylic acids is 1. The maximum Gasteiger partial charge on any atom is 0.253 e. The maximum absolute atomic E-state index is 14.0. The van der Waals surface area contributed by atoms with E-state index in [0.29, 0.717) is 12.2 Å². The molecule has 2 aromatic carbocycles. The van der Waals surface area contributed by atoms with E-state index < -0.39 is 11.7 Å². The van der Waals surface area contributed by atoms with E-state index in [1.54, 1.807) is 12.1 Å². The molecule has 0 fully saturated rings. The second-order valence-electron chi connectivity index (χ2n) is 4.96. The summed E-state index contributed by atoms with van der Waals surface area (Å²) < 4.78 is 14.0. The van der Waals surface area contributed by atoms with E-state index in [1.807, 2.05) is 29.2 Å². The fourth-order valence-corrected chi connectivity index (χ4v) is 2.69. The van der Waals surface area contributed by atoms with Gasteiger partial charge in [0.15, 0.2) is 0 Å². The van der Waals surface area contributed by atoms with Crippen LogP contribution in [-0.2, 0) is 6.54 Å². The highest BCUT2D eigenvalue weighted by Crippen LogP contribution is 2.32. The number of carbonyl (C=O) groups is 1. The van der Waals surface area contributed by atoms with Crippen molar-refractivity contribution in [3.63, 3.8) is 0 Å². The Morgan fingerprint density at radius 1 is 1.14 bits per heavy atom. The number of para-hydroxylation sites is 1. The predicted octanol–water partition coefficient (Wildman–Crippen LogP) is 2.17. The van der Waals surface area contributed by atoms with Crippen LogP contribution >= 0.6 is 0 Å². The van der Waals surface area contributed by atoms with Crippen molar-refractivity contribution in [3.8, 4) is 0 Å². The van der Waals surface area contributed by atoms with E-state index in [2.05, 4.69) is 5.32 Å². The molecule has 0 bridgehead atoms. The number of fused-ring (bicyclic) bond motifs is 1. The minimum Gasteiger partial charge on any atom is -0.365 e. The Hall–Kier alpha value is -2.40. The standard InChI is InChI=1S/C16H16FN3O/c17-12-5-3-7-14(15(12)16(18)21)20-9-8-19-10-11-4-1-2-6-13(11)20/h1-7,19H,8-10H2,(H2,18,21). The van der Waals surface area contributed by atoms with Crippen LogP contribution in [0.3, 0.4) is 0 Å². The van der Waals surface area contributed by atoms with Crippen molar-refractivity contribution in [3.05, 3.63) is 59.4 Å². The summed E-state index contributed by atoms with van der Waals surface area (Å²) in [5.41, 5.74) is 7.89. The van der Waals surface area contributed by atoms with E-state index in [1.165, 1.54) is 6.07 Å². The average Bonchev–Trinajstić information content (AvgIpc) is 2.68. The number of halogens is 1. The van der Waals surface area contributed by atoms with Gasteiger partial charge >= 0.3 is 0 Å². The summed E-state index contributed by atoms with van der Waals surface area (Å²) in [7, 11) is 0. The summed E-state index contributed by atoms with van der Waals surface area (Å²) in [6, 6.07) is 12.5. The molecule has 0 saturated carbocycles. The molecule has 21 heavy (non-hydrogen) atoms. The molecule has 0 aromatic heterocycles. The van der Waals surface area contributed by atoms with Gasteiger partial charge in [0.25, 0.3) is 5.91 Å². The van der Waals surface area contributed by atoms with E-state index in [0.717, 1.165) is 24.3 Å². The molecular weight excluding hydrogens is 269 g/mol. The summed E-state index contributed by atoms with van der Waals surface area (Å²) in [5.74, 6) is -1.34. The molecule has 108 valence electrons. The summed E-state index contributed by atoms with van der Waals surface area (Å²) in [6.45, 7) is 2.12. The van der Waals surface area contributed by atoms with Gasteiger partial charge in [0.1, 0.15) is 5.82 Å². The number of rotatable bonds is 2. The van der Waals surface area contributed by atoms with E-state index in [-0.39, 0.29) is 5.56 Å². The first-order valence-corrected chi connectivity index (χ1v) is 6.83. The van der Waals surface area contributed by atoms with Gasteiger partial charge in [-0.3, -0.25) is 4.79 Å². The summed E-state index contributed by atoms with van der Waals surface area (Å²) in [6.07, 6.45) is 0. The zero-order valence-electron chi connectivity index (χ0n) is 11.5. The molecule has 1 aliphatic rings. The quantitative estimate of drug-likeness (QED) is 0.889. The molecule has 0 radical (unpaired) electrons. The number of hydrogen-bond acceptors (Lipinski definition) is 3. The lowest BCUT2D eigenvalue weighted by Crippen LogP contribution is -2.27. The van der Waals surface area contributed by atoms with Gasteiger partial charge in [-0.2, -0.15) is 0 Å². The number of nitrogens with zero attached hydrogens (tertiary/aromatic N) is 1. The minimum absolute atomic E-state index is 0.0609. The van der Waals surface area contributed by atoms with Crippen molar-refractivity contribution >= 4 is 17.3 Å².